The summed E-state index contributed by atoms with van der Waals surface area (Å²) in [7, 11) is 1.67. The predicted molar refractivity (Wildman–Crippen MR) is 99.2 cm³/mol. The van der Waals surface area contributed by atoms with Crippen LogP contribution in [0.15, 0.2) is 24.3 Å². The second-order valence-electron chi connectivity index (χ2n) is 5.98. The molecule has 1 aliphatic heterocycles. The Labute approximate surface area is 152 Å². The van der Waals surface area contributed by atoms with E-state index < -0.39 is 0 Å². The highest BCUT2D eigenvalue weighted by Crippen LogP contribution is 2.26. The van der Waals surface area contributed by atoms with Crippen LogP contribution in [0.2, 0.25) is 0 Å². The molecule has 0 atom stereocenters. The van der Waals surface area contributed by atoms with E-state index in [0.29, 0.717) is 18.3 Å². The number of morpholine rings is 1. The first-order valence-electron chi connectivity index (χ1n) is 8.49. The van der Waals surface area contributed by atoms with Gasteiger partial charge < -0.3 is 19.9 Å². The molecule has 1 aromatic carbocycles. The molecule has 0 unspecified atom stereocenters. The molecule has 0 radical (unpaired) electrons. The Hall–Kier alpha value is -1.67. The third kappa shape index (κ3) is 5.40. The number of rotatable bonds is 8. The molecule has 7 heteroatoms. The summed E-state index contributed by atoms with van der Waals surface area (Å²) in [6, 6.07) is 8.17. The first-order valence-corrected chi connectivity index (χ1v) is 9.31. The smallest absolute Gasteiger partial charge is 0.180 e. The van der Waals surface area contributed by atoms with Crippen LogP contribution in [0.5, 0.6) is 5.75 Å². The molecular weight excluding hydrogens is 338 g/mol. The van der Waals surface area contributed by atoms with Crippen molar-refractivity contribution >= 4 is 16.5 Å². The lowest BCUT2D eigenvalue weighted by Crippen LogP contribution is -2.35. The summed E-state index contributed by atoms with van der Waals surface area (Å²) in [6.45, 7) is 5.43. The van der Waals surface area contributed by atoms with Gasteiger partial charge in [0.15, 0.2) is 5.13 Å². The maximum absolute atomic E-state index is 5.97. The quantitative estimate of drug-likeness (QED) is 0.725. The van der Waals surface area contributed by atoms with Gasteiger partial charge in [0, 0.05) is 38.0 Å². The van der Waals surface area contributed by atoms with Gasteiger partial charge in [0.05, 0.1) is 25.5 Å². The fourth-order valence-electron chi connectivity index (χ4n) is 2.81. The normalized spacial score (nSPS) is 15.4. The zero-order valence-corrected chi connectivity index (χ0v) is 15.4. The Bertz CT molecular complexity index is 671. The van der Waals surface area contributed by atoms with E-state index in [1.54, 1.807) is 18.4 Å². The van der Waals surface area contributed by atoms with Crippen LogP contribution in [0.25, 0.3) is 0 Å². The van der Waals surface area contributed by atoms with Crippen molar-refractivity contribution in [2.24, 2.45) is 0 Å². The summed E-state index contributed by atoms with van der Waals surface area (Å²) in [4.78, 5) is 8.14. The zero-order valence-electron chi connectivity index (χ0n) is 14.6. The molecule has 0 saturated carbocycles. The molecule has 0 amide bonds. The van der Waals surface area contributed by atoms with Crippen molar-refractivity contribution in [3.63, 3.8) is 0 Å². The molecule has 136 valence electrons. The Morgan fingerprint density at radius 3 is 2.92 bits per heavy atom. The third-order valence-corrected chi connectivity index (χ3v) is 5.02. The van der Waals surface area contributed by atoms with E-state index in [2.05, 4.69) is 22.0 Å². The Balaban J connectivity index is 1.66. The maximum Gasteiger partial charge on any atom is 0.180 e. The van der Waals surface area contributed by atoms with Crippen molar-refractivity contribution < 1.29 is 14.2 Å². The number of nitrogen functional groups attached to an aromatic ring is 1. The first-order chi connectivity index (χ1) is 12.2. The molecule has 1 fully saturated rings. The largest absolute Gasteiger partial charge is 0.491 e. The number of methoxy groups -OCH3 is 1. The average Bonchev–Trinajstić information content (AvgIpc) is 2.95. The van der Waals surface area contributed by atoms with E-state index in [4.69, 9.17) is 19.9 Å². The van der Waals surface area contributed by atoms with E-state index in [1.165, 1.54) is 10.4 Å². The lowest BCUT2D eigenvalue weighted by Gasteiger charge is -2.26. The van der Waals surface area contributed by atoms with Gasteiger partial charge in [-0.1, -0.05) is 12.1 Å². The summed E-state index contributed by atoms with van der Waals surface area (Å²) in [5, 5.41) is 0.630. The van der Waals surface area contributed by atoms with E-state index in [1.807, 2.05) is 12.1 Å². The van der Waals surface area contributed by atoms with Crippen molar-refractivity contribution in [2.75, 3.05) is 52.4 Å². The molecule has 1 saturated heterocycles. The molecule has 2 N–H and O–H groups in total. The van der Waals surface area contributed by atoms with Gasteiger partial charge in [0.25, 0.3) is 0 Å². The van der Waals surface area contributed by atoms with E-state index >= 15 is 0 Å². The minimum atomic E-state index is 0.551. The highest BCUT2D eigenvalue weighted by atomic mass is 32.1. The first kappa shape index (κ1) is 18.1. The fourth-order valence-corrected chi connectivity index (χ4v) is 3.68. The van der Waals surface area contributed by atoms with Crippen LogP contribution in [-0.2, 0) is 22.4 Å². The Morgan fingerprint density at radius 2 is 2.12 bits per heavy atom. The van der Waals surface area contributed by atoms with Crippen LogP contribution in [0.3, 0.4) is 0 Å². The number of aromatic nitrogens is 1. The average molecular weight is 363 g/mol. The summed E-state index contributed by atoms with van der Waals surface area (Å²) in [5.74, 6) is 0.863. The van der Waals surface area contributed by atoms with Crippen molar-refractivity contribution in [1.82, 2.24) is 9.88 Å². The third-order valence-electron chi connectivity index (χ3n) is 4.09. The Morgan fingerprint density at radius 1 is 1.28 bits per heavy atom. The van der Waals surface area contributed by atoms with E-state index in [-0.39, 0.29) is 0 Å². The second-order valence-corrected chi connectivity index (χ2v) is 7.09. The fraction of sp³-hybridized carbons (Fsp3) is 0.500. The van der Waals surface area contributed by atoms with Gasteiger partial charge in [-0.2, -0.15) is 0 Å². The van der Waals surface area contributed by atoms with Gasteiger partial charge in [0.1, 0.15) is 12.4 Å². The van der Waals surface area contributed by atoms with Gasteiger partial charge in [0.2, 0.25) is 0 Å². The predicted octanol–water partition coefficient (Wildman–Crippen LogP) is 2.17. The van der Waals surface area contributed by atoms with Gasteiger partial charge >= 0.3 is 0 Å². The molecule has 2 heterocycles. The van der Waals surface area contributed by atoms with Crippen LogP contribution in [0.1, 0.15) is 16.1 Å². The lowest BCUT2D eigenvalue weighted by molar-refractivity contribution is 0.0336. The molecule has 2 aromatic rings. The number of nitrogens with two attached hydrogens (primary N) is 1. The standard InChI is InChI=1S/C18H25N3O3S/c1-22-9-10-24-15-4-2-3-14(11-15)12-17-16(20-18(19)25-17)13-21-5-7-23-8-6-21/h2-4,11H,5-10,12-13H2,1H3,(H2,19,20). The number of anilines is 1. The molecule has 6 nitrogen and oxygen atoms in total. The number of benzene rings is 1. The number of ether oxygens (including phenoxy) is 3. The topological polar surface area (TPSA) is 69.8 Å². The molecule has 0 bridgehead atoms. The van der Waals surface area contributed by atoms with Crippen molar-refractivity contribution in [1.29, 1.82) is 0 Å². The van der Waals surface area contributed by atoms with Crippen molar-refractivity contribution in [3.05, 3.63) is 40.4 Å². The van der Waals surface area contributed by atoms with Gasteiger partial charge in [-0.25, -0.2) is 4.98 Å². The molecule has 3 rings (SSSR count). The maximum atomic E-state index is 5.97. The summed E-state index contributed by atoms with van der Waals surface area (Å²) in [5.41, 5.74) is 8.25. The van der Waals surface area contributed by atoms with Gasteiger partial charge in [-0.3, -0.25) is 4.90 Å². The second kappa shape index (κ2) is 9.15. The van der Waals surface area contributed by atoms with Crippen LogP contribution in [0, 0.1) is 0 Å². The van der Waals surface area contributed by atoms with Crippen LogP contribution in [0.4, 0.5) is 5.13 Å². The molecule has 0 aliphatic carbocycles. The molecule has 0 spiro atoms. The summed E-state index contributed by atoms with van der Waals surface area (Å²) < 4.78 is 16.1. The SMILES string of the molecule is COCCOc1cccc(Cc2sc(N)nc2CN2CCOCC2)c1. The van der Waals surface area contributed by atoms with Crippen molar-refractivity contribution in [2.45, 2.75) is 13.0 Å². The molecule has 25 heavy (non-hydrogen) atoms. The number of nitrogens with zero attached hydrogens (tertiary/aromatic N) is 2. The lowest BCUT2D eigenvalue weighted by atomic mass is 10.1. The van der Waals surface area contributed by atoms with E-state index in [9.17, 15) is 0 Å². The minimum Gasteiger partial charge on any atom is -0.491 e. The van der Waals surface area contributed by atoms with Crippen LogP contribution < -0.4 is 10.5 Å². The zero-order chi connectivity index (χ0) is 17.5. The Kier molecular flexibility index (Phi) is 6.63. The highest BCUT2D eigenvalue weighted by Gasteiger charge is 2.16. The van der Waals surface area contributed by atoms with Crippen LogP contribution >= 0.6 is 11.3 Å². The van der Waals surface area contributed by atoms with E-state index in [0.717, 1.165) is 50.7 Å². The minimum absolute atomic E-state index is 0.551. The number of hydrogen-bond donors (Lipinski definition) is 1. The monoisotopic (exact) mass is 363 g/mol. The molecule has 1 aliphatic rings. The number of hydrogen-bond acceptors (Lipinski definition) is 7. The van der Waals surface area contributed by atoms with Crippen molar-refractivity contribution in [3.8, 4) is 5.75 Å². The van der Waals surface area contributed by atoms with Gasteiger partial charge in [-0.05, 0) is 17.7 Å². The van der Waals surface area contributed by atoms with Gasteiger partial charge in [-0.15, -0.1) is 11.3 Å². The number of thiazole rings is 1. The van der Waals surface area contributed by atoms with Crippen LogP contribution in [-0.4, -0.2) is 56.5 Å². The molecular formula is C18H25N3O3S. The summed E-state index contributed by atoms with van der Waals surface area (Å²) in [6.07, 6.45) is 0.815. The summed E-state index contributed by atoms with van der Waals surface area (Å²) >= 11 is 1.57. The molecule has 1 aromatic heterocycles. The highest BCUT2D eigenvalue weighted by molar-refractivity contribution is 7.15.